The second-order valence-corrected chi connectivity index (χ2v) is 4.20. The van der Waals surface area contributed by atoms with Crippen molar-refractivity contribution in [3.05, 3.63) is 35.6 Å². The third-order valence-corrected chi connectivity index (χ3v) is 2.92. The fourth-order valence-corrected chi connectivity index (χ4v) is 1.92. The predicted octanol–water partition coefficient (Wildman–Crippen LogP) is 2.01. The number of piperidine rings is 1. The molecule has 0 unspecified atom stereocenters. The van der Waals surface area contributed by atoms with Crippen LogP contribution in [-0.4, -0.2) is 18.6 Å². The third kappa shape index (κ3) is 3.27. The maximum absolute atomic E-state index is 13.3. The van der Waals surface area contributed by atoms with Gasteiger partial charge in [-0.1, -0.05) is 24.6 Å². The minimum atomic E-state index is -0.336. The van der Waals surface area contributed by atoms with Crippen molar-refractivity contribution in [1.82, 2.24) is 5.32 Å². The highest BCUT2D eigenvalue weighted by Crippen LogP contribution is 2.11. The molecule has 0 saturated carbocycles. The van der Waals surface area contributed by atoms with Gasteiger partial charge in [0.15, 0.2) is 0 Å². The lowest BCUT2D eigenvalue weighted by atomic mass is 10.1. The number of ether oxygens (including phenoxy) is 1. The Kier molecular flexibility index (Phi) is 4.09. The second kappa shape index (κ2) is 5.77. The highest BCUT2D eigenvalue weighted by molar-refractivity contribution is 5.75. The number of rotatable bonds is 3. The quantitative estimate of drug-likeness (QED) is 0.817. The molecule has 1 saturated heterocycles. The van der Waals surface area contributed by atoms with Gasteiger partial charge in [-0.25, -0.2) is 4.39 Å². The van der Waals surface area contributed by atoms with Crippen molar-refractivity contribution in [2.75, 3.05) is 6.54 Å². The highest BCUT2D eigenvalue weighted by atomic mass is 19.1. The maximum Gasteiger partial charge on any atom is 0.323 e. The van der Waals surface area contributed by atoms with Crippen molar-refractivity contribution in [2.24, 2.45) is 0 Å². The van der Waals surface area contributed by atoms with Gasteiger partial charge in [0.05, 0.1) is 0 Å². The summed E-state index contributed by atoms with van der Waals surface area (Å²) in [5.74, 6) is -0.621. The number of carbonyl (C=O) groups excluding carboxylic acids is 1. The summed E-state index contributed by atoms with van der Waals surface area (Å²) in [4.78, 5) is 11.7. The first-order valence-electron chi connectivity index (χ1n) is 5.91. The second-order valence-electron chi connectivity index (χ2n) is 4.20. The number of benzene rings is 1. The molecule has 1 aromatic rings. The average molecular weight is 237 g/mol. The Morgan fingerprint density at radius 2 is 2.24 bits per heavy atom. The monoisotopic (exact) mass is 237 g/mol. The van der Waals surface area contributed by atoms with Gasteiger partial charge in [0, 0.05) is 5.56 Å². The molecule has 0 aromatic heterocycles. The molecule has 4 heteroatoms. The molecule has 1 N–H and O–H groups in total. The van der Waals surface area contributed by atoms with E-state index in [9.17, 15) is 9.18 Å². The van der Waals surface area contributed by atoms with E-state index < -0.39 is 0 Å². The molecule has 0 amide bonds. The fourth-order valence-electron chi connectivity index (χ4n) is 1.92. The summed E-state index contributed by atoms with van der Waals surface area (Å²) in [6.07, 6.45) is 2.93. The Morgan fingerprint density at radius 1 is 1.41 bits per heavy atom. The van der Waals surface area contributed by atoms with E-state index in [0.29, 0.717) is 5.56 Å². The predicted molar refractivity (Wildman–Crippen MR) is 61.8 cm³/mol. The summed E-state index contributed by atoms with van der Waals surface area (Å²) < 4.78 is 18.4. The van der Waals surface area contributed by atoms with Crippen LogP contribution in [0, 0.1) is 5.82 Å². The summed E-state index contributed by atoms with van der Waals surface area (Å²) in [6, 6.07) is 6.10. The molecule has 0 radical (unpaired) electrons. The summed E-state index contributed by atoms with van der Waals surface area (Å²) in [5, 5.41) is 3.10. The van der Waals surface area contributed by atoms with Crippen LogP contribution in [0.25, 0.3) is 0 Å². The molecular formula is C13H16FNO2. The van der Waals surface area contributed by atoms with Crippen LogP contribution in [0.2, 0.25) is 0 Å². The van der Waals surface area contributed by atoms with E-state index >= 15 is 0 Å². The number of hydrogen-bond acceptors (Lipinski definition) is 3. The molecule has 17 heavy (non-hydrogen) atoms. The summed E-state index contributed by atoms with van der Waals surface area (Å²) in [7, 11) is 0. The Hall–Kier alpha value is -1.42. The number of halogens is 1. The van der Waals surface area contributed by atoms with E-state index in [0.717, 1.165) is 25.8 Å². The van der Waals surface area contributed by atoms with Crippen molar-refractivity contribution >= 4 is 5.97 Å². The molecule has 1 aromatic carbocycles. The van der Waals surface area contributed by atoms with Gasteiger partial charge in [-0.05, 0) is 25.5 Å². The van der Waals surface area contributed by atoms with Crippen molar-refractivity contribution < 1.29 is 13.9 Å². The minimum Gasteiger partial charge on any atom is -0.460 e. The molecule has 0 bridgehead atoms. The van der Waals surface area contributed by atoms with Crippen LogP contribution in [0.4, 0.5) is 4.39 Å². The van der Waals surface area contributed by atoms with Crippen molar-refractivity contribution in [2.45, 2.75) is 31.9 Å². The zero-order chi connectivity index (χ0) is 12.1. The molecule has 1 fully saturated rings. The van der Waals surface area contributed by atoms with E-state index in [1.165, 1.54) is 6.07 Å². The number of carbonyl (C=O) groups is 1. The van der Waals surface area contributed by atoms with Gasteiger partial charge in [0.25, 0.3) is 0 Å². The smallest absolute Gasteiger partial charge is 0.323 e. The van der Waals surface area contributed by atoms with Crippen LogP contribution in [0.3, 0.4) is 0 Å². The van der Waals surface area contributed by atoms with Gasteiger partial charge in [-0.2, -0.15) is 0 Å². The first-order chi connectivity index (χ1) is 8.27. The lowest BCUT2D eigenvalue weighted by molar-refractivity contribution is -0.148. The van der Waals surface area contributed by atoms with Crippen LogP contribution in [0.1, 0.15) is 24.8 Å². The SMILES string of the molecule is O=C(OCc1ccccc1F)[C@H]1CCCCN1. The van der Waals surface area contributed by atoms with Crippen LogP contribution in [0.5, 0.6) is 0 Å². The molecule has 1 heterocycles. The van der Waals surface area contributed by atoms with Gasteiger partial charge in [-0.15, -0.1) is 0 Å². The number of hydrogen-bond donors (Lipinski definition) is 1. The molecule has 1 aliphatic rings. The lowest BCUT2D eigenvalue weighted by Crippen LogP contribution is -2.41. The minimum absolute atomic E-state index is 0.00366. The summed E-state index contributed by atoms with van der Waals surface area (Å²) >= 11 is 0. The normalized spacial score (nSPS) is 19.9. The Morgan fingerprint density at radius 3 is 2.94 bits per heavy atom. The van der Waals surface area contributed by atoms with Crippen molar-refractivity contribution in [3.8, 4) is 0 Å². The number of esters is 1. The summed E-state index contributed by atoms with van der Waals surface area (Å²) in [6.45, 7) is 0.850. The van der Waals surface area contributed by atoms with E-state index in [1.54, 1.807) is 18.2 Å². The van der Waals surface area contributed by atoms with Gasteiger partial charge in [-0.3, -0.25) is 4.79 Å². The van der Waals surface area contributed by atoms with E-state index in [2.05, 4.69) is 5.32 Å². The maximum atomic E-state index is 13.3. The van der Waals surface area contributed by atoms with Crippen molar-refractivity contribution in [1.29, 1.82) is 0 Å². The molecule has 3 nitrogen and oxygen atoms in total. The Balaban J connectivity index is 1.85. The molecule has 0 spiro atoms. The molecule has 0 aliphatic carbocycles. The molecule has 92 valence electrons. The standard InChI is InChI=1S/C13H16FNO2/c14-11-6-2-1-5-10(11)9-17-13(16)12-7-3-4-8-15-12/h1-2,5-6,12,15H,3-4,7-9H2/t12-/m1/s1. The first kappa shape index (κ1) is 12.0. The number of nitrogens with one attached hydrogen (secondary N) is 1. The van der Waals surface area contributed by atoms with E-state index in [4.69, 9.17) is 4.74 Å². The molecule has 1 aliphatic heterocycles. The van der Waals surface area contributed by atoms with Gasteiger partial charge in [0.1, 0.15) is 18.5 Å². The van der Waals surface area contributed by atoms with Crippen LogP contribution in [0.15, 0.2) is 24.3 Å². The van der Waals surface area contributed by atoms with Crippen LogP contribution >= 0.6 is 0 Å². The van der Waals surface area contributed by atoms with Crippen LogP contribution in [-0.2, 0) is 16.1 Å². The van der Waals surface area contributed by atoms with E-state index in [-0.39, 0.29) is 24.4 Å². The lowest BCUT2D eigenvalue weighted by Gasteiger charge is -2.21. The van der Waals surface area contributed by atoms with E-state index in [1.807, 2.05) is 0 Å². The van der Waals surface area contributed by atoms with Gasteiger partial charge < -0.3 is 10.1 Å². The Labute approximate surface area is 100.0 Å². The van der Waals surface area contributed by atoms with Gasteiger partial charge in [0.2, 0.25) is 0 Å². The zero-order valence-electron chi connectivity index (χ0n) is 9.62. The topological polar surface area (TPSA) is 38.3 Å². The first-order valence-corrected chi connectivity index (χ1v) is 5.91. The molecule has 2 rings (SSSR count). The van der Waals surface area contributed by atoms with Crippen molar-refractivity contribution in [3.63, 3.8) is 0 Å². The summed E-state index contributed by atoms with van der Waals surface area (Å²) in [5.41, 5.74) is 0.414. The highest BCUT2D eigenvalue weighted by Gasteiger charge is 2.21. The largest absolute Gasteiger partial charge is 0.460 e. The van der Waals surface area contributed by atoms with Crippen LogP contribution < -0.4 is 5.32 Å². The average Bonchev–Trinajstić information content (AvgIpc) is 2.38. The third-order valence-electron chi connectivity index (χ3n) is 2.92. The Bertz CT molecular complexity index is 389. The molecular weight excluding hydrogens is 221 g/mol. The zero-order valence-corrected chi connectivity index (χ0v) is 9.62. The fraction of sp³-hybridized carbons (Fsp3) is 0.462. The van der Waals surface area contributed by atoms with Gasteiger partial charge >= 0.3 is 5.97 Å². The molecule has 1 atom stereocenters.